The van der Waals surface area contributed by atoms with Crippen LogP contribution in [0.1, 0.15) is 38.2 Å². The molecule has 1 aromatic carbocycles. The third-order valence-corrected chi connectivity index (χ3v) is 6.82. The summed E-state index contributed by atoms with van der Waals surface area (Å²) in [5.41, 5.74) is 2.03. The fraction of sp³-hybridized carbons (Fsp3) is 0.600. The number of aromatic nitrogens is 1. The molecule has 0 saturated carbocycles. The first-order valence-corrected chi connectivity index (χ1v) is 12.0. The molecule has 2 aromatic rings. The lowest BCUT2D eigenvalue weighted by Crippen LogP contribution is -2.53. The zero-order valence-corrected chi connectivity index (χ0v) is 19.8. The maximum absolute atomic E-state index is 13.6. The predicted molar refractivity (Wildman–Crippen MR) is 127 cm³/mol. The van der Waals surface area contributed by atoms with Crippen molar-refractivity contribution in [1.29, 1.82) is 0 Å². The summed E-state index contributed by atoms with van der Waals surface area (Å²) in [5.74, 6) is -0.125. The van der Waals surface area contributed by atoms with E-state index >= 15 is 0 Å². The molecule has 3 N–H and O–H groups in total. The molecule has 1 aromatic heterocycles. The molecule has 3 heterocycles. The first-order chi connectivity index (χ1) is 15.9. The van der Waals surface area contributed by atoms with E-state index < -0.39 is 12.3 Å². The second kappa shape index (κ2) is 10.7. The third kappa shape index (κ3) is 5.57. The number of carbonyl (C=O) groups is 2. The van der Waals surface area contributed by atoms with Gasteiger partial charge < -0.3 is 30.0 Å². The molecule has 4 rings (SSSR count). The third-order valence-electron chi connectivity index (χ3n) is 6.82. The number of amides is 2. The van der Waals surface area contributed by atoms with Crippen LogP contribution in [0.2, 0.25) is 0 Å². The van der Waals surface area contributed by atoms with Gasteiger partial charge in [-0.1, -0.05) is 32.0 Å². The molecule has 8 nitrogen and oxygen atoms in total. The van der Waals surface area contributed by atoms with Gasteiger partial charge in [0.25, 0.3) is 0 Å². The van der Waals surface area contributed by atoms with Crippen molar-refractivity contribution < 1.29 is 19.1 Å². The van der Waals surface area contributed by atoms with E-state index in [1.165, 1.54) is 0 Å². The van der Waals surface area contributed by atoms with Crippen molar-refractivity contribution in [3.63, 3.8) is 0 Å². The quantitative estimate of drug-likeness (QED) is 0.594. The molecule has 2 atom stereocenters. The number of likely N-dealkylation sites (N-methyl/N-ethyl adjacent to an activating group) is 1. The van der Waals surface area contributed by atoms with E-state index in [-0.39, 0.29) is 23.7 Å². The predicted octanol–water partition coefficient (Wildman–Crippen LogP) is 2.22. The van der Waals surface area contributed by atoms with Gasteiger partial charge in [0.15, 0.2) is 6.29 Å². The van der Waals surface area contributed by atoms with Gasteiger partial charge in [-0.2, -0.15) is 0 Å². The summed E-state index contributed by atoms with van der Waals surface area (Å²) in [6.45, 7) is 7.28. The van der Waals surface area contributed by atoms with Gasteiger partial charge in [-0.25, -0.2) is 0 Å². The Morgan fingerprint density at radius 2 is 1.88 bits per heavy atom. The van der Waals surface area contributed by atoms with Crippen LogP contribution in [-0.2, 0) is 19.1 Å². The first kappa shape index (κ1) is 23.7. The number of carbonyl (C=O) groups excluding carboxylic acids is 2. The van der Waals surface area contributed by atoms with Gasteiger partial charge >= 0.3 is 0 Å². The topological polar surface area (TPSA) is 95.7 Å². The van der Waals surface area contributed by atoms with Crippen LogP contribution in [0, 0.1) is 11.8 Å². The Kier molecular flexibility index (Phi) is 7.67. The number of H-pyrrole nitrogens is 1. The smallest absolute Gasteiger partial charge is 0.245 e. The molecule has 2 aliphatic heterocycles. The standard InChI is InChI=1S/C25H36N4O4/c1-16-14-32-22(33-15-16)13-29(3)25(31)23(28-24(30)18-8-10-26-11-9-18)17(2)20-12-27-21-7-5-4-6-19(20)21/h4-7,12,16-18,22-23,26-27H,8-11,13-15H2,1-3H3,(H,28,30). The molecule has 0 radical (unpaired) electrons. The Balaban J connectivity index is 1.53. The lowest BCUT2D eigenvalue weighted by Gasteiger charge is -2.34. The van der Waals surface area contributed by atoms with E-state index in [0.717, 1.165) is 42.4 Å². The van der Waals surface area contributed by atoms with Crippen LogP contribution in [0.25, 0.3) is 10.9 Å². The highest BCUT2D eigenvalue weighted by molar-refractivity contribution is 5.91. The number of ether oxygens (including phenoxy) is 2. The molecular formula is C25H36N4O4. The Hall–Kier alpha value is -2.42. The summed E-state index contributed by atoms with van der Waals surface area (Å²) in [5, 5.41) is 7.47. The molecule has 2 saturated heterocycles. The minimum atomic E-state index is -0.681. The largest absolute Gasteiger partial charge is 0.361 e. The van der Waals surface area contributed by atoms with Gasteiger partial charge in [0.2, 0.25) is 11.8 Å². The van der Waals surface area contributed by atoms with Crippen molar-refractivity contribution in [2.45, 2.75) is 44.9 Å². The summed E-state index contributed by atoms with van der Waals surface area (Å²) >= 11 is 0. The number of nitrogens with zero attached hydrogens (tertiary/aromatic N) is 1. The summed E-state index contributed by atoms with van der Waals surface area (Å²) in [6.07, 6.45) is 3.07. The number of para-hydroxylation sites is 1. The highest BCUT2D eigenvalue weighted by Crippen LogP contribution is 2.29. The van der Waals surface area contributed by atoms with E-state index in [9.17, 15) is 9.59 Å². The van der Waals surface area contributed by atoms with Crippen LogP contribution in [0.5, 0.6) is 0 Å². The van der Waals surface area contributed by atoms with Crippen LogP contribution in [0.3, 0.4) is 0 Å². The molecule has 2 unspecified atom stereocenters. The second-order valence-electron chi connectivity index (χ2n) is 9.51. The maximum Gasteiger partial charge on any atom is 0.245 e. The van der Waals surface area contributed by atoms with E-state index in [1.807, 2.05) is 37.4 Å². The SMILES string of the molecule is CC1COC(CN(C)C(=O)C(NC(=O)C2CCNCC2)C(C)c2c[nH]c3ccccc23)OC1. The summed E-state index contributed by atoms with van der Waals surface area (Å²) in [7, 11) is 1.75. The molecule has 8 heteroatoms. The molecule has 2 fully saturated rings. The number of nitrogens with one attached hydrogen (secondary N) is 3. The average molecular weight is 457 g/mol. The van der Waals surface area contributed by atoms with Crippen molar-refractivity contribution in [2.75, 3.05) is 39.9 Å². The fourth-order valence-corrected chi connectivity index (χ4v) is 4.70. The number of piperidine rings is 1. The van der Waals surface area contributed by atoms with Crippen molar-refractivity contribution in [1.82, 2.24) is 20.5 Å². The fourth-order valence-electron chi connectivity index (χ4n) is 4.70. The minimum Gasteiger partial charge on any atom is -0.361 e. The number of hydrogen-bond acceptors (Lipinski definition) is 5. The Bertz CT molecular complexity index is 947. The van der Waals surface area contributed by atoms with Gasteiger partial charge in [-0.3, -0.25) is 9.59 Å². The molecule has 180 valence electrons. The van der Waals surface area contributed by atoms with Gasteiger partial charge in [-0.05, 0) is 37.6 Å². The van der Waals surface area contributed by atoms with Crippen molar-refractivity contribution in [2.24, 2.45) is 11.8 Å². The first-order valence-electron chi connectivity index (χ1n) is 12.0. The molecule has 33 heavy (non-hydrogen) atoms. The van der Waals surface area contributed by atoms with Gasteiger partial charge in [0, 0.05) is 41.9 Å². The Morgan fingerprint density at radius 3 is 2.61 bits per heavy atom. The number of rotatable bonds is 7. The van der Waals surface area contributed by atoms with Crippen LogP contribution in [0.4, 0.5) is 0 Å². The van der Waals surface area contributed by atoms with E-state index in [0.29, 0.717) is 25.7 Å². The Labute approximate surface area is 195 Å². The van der Waals surface area contributed by atoms with E-state index in [2.05, 4.69) is 22.5 Å². The number of benzene rings is 1. The average Bonchev–Trinajstić information content (AvgIpc) is 3.27. The molecule has 2 amide bonds. The monoisotopic (exact) mass is 456 g/mol. The summed E-state index contributed by atoms with van der Waals surface area (Å²) in [4.78, 5) is 31.7. The van der Waals surface area contributed by atoms with Crippen LogP contribution < -0.4 is 10.6 Å². The Morgan fingerprint density at radius 1 is 1.18 bits per heavy atom. The zero-order valence-electron chi connectivity index (χ0n) is 19.8. The van der Waals surface area contributed by atoms with E-state index in [4.69, 9.17) is 9.47 Å². The van der Waals surface area contributed by atoms with Crippen molar-refractivity contribution in [3.05, 3.63) is 36.0 Å². The summed E-state index contributed by atoms with van der Waals surface area (Å²) in [6, 6.07) is 7.34. The van der Waals surface area contributed by atoms with E-state index in [1.54, 1.807) is 11.9 Å². The van der Waals surface area contributed by atoms with Gasteiger partial charge in [0.1, 0.15) is 6.04 Å². The normalized spacial score (nSPS) is 23.7. The lowest BCUT2D eigenvalue weighted by atomic mass is 9.90. The van der Waals surface area contributed by atoms with Crippen LogP contribution in [-0.4, -0.2) is 73.9 Å². The second-order valence-corrected chi connectivity index (χ2v) is 9.51. The van der Waals surface area contributed by atoms with Crippen molar-refractivity contribution >= 4 is 22.7 Å². The summed E-state index contributed by atoms with van der Waals surface area (Å²) < 4.78 is 11.5. The molecule has 0 bridgehead atoms. The van der Waals surface area contributed by atoms with Gasteiger partial charge in [0.05, 0.1) is 19.8 Å². The number of fused-ring (bicyclic) bond motifs is 1. The van der Waals surface area contributed by atoms with Crippen LogP contribution in [0.15, 0.2) is 30.5 Å². The highest BCUT2D eigenvalue weighted by Gasteiger charge is 2.35. The molecular weight excluding hydrogens is 420 g/mol. The highest BCUT2D eigenvalue weighted by atomic mass is 16.7. The number of aromatic amines is 1. The van der Waals surface area contributed by atoms with Crippen LogP contribution >= 0.6 is 0 Å². The maximum atomic E-state index is 13.6. The van der Waals surface area contributed by atoms with Crippen molar-refractivity contribution in [3.8, 4) is 0 Å². The molecule has 2 aliphatic rings. The van der Waals surface area contributed by atoms with Gasteiger partial charge in [-0.15, -0.1) is 0 Å². The molecule has 0 spiro atoms. The molecule has 0 aliphatic carbocycles. The number of hydrogen-bond donors (Lipinski definition) is 3. The minimum absolute atomic E-state index is 0.0473. The lowest BCUT2D eigenvalue weighted by molar-refractivity contribution is -0.204. The zero-order chi connectivity index (χ0) is 23.4.